The predicted molar refractivity (Wildman–Crippen MR) is 64.6 cm³/mol. The van der Waals surface area contributed by atoms with Gasteiger partial charge in [-0.3, -0.25) is 10.1 Å². The second kappa shape index (κ2) is 6.65. The number of hydrogen-bond acceptors (Lipinski definition) is 4. The van der Waals surface area contributed by atoms with Crippen LogP contribution < -0.4 is 10.6 Å². The maximum absolute atomic E-state index is 11.1. The molecule has 0 aliphatic carbocycles. The fraction of sp³-hybridized carbons (Fsp3) is 0.333. The molecule has 5 nitrogen and oxygen atoms in total. The summed E-state index contributed by atoms with van der Waals surface area (Å²) in [5.41, 5.74) is 1.72. The Labute approximate surface area is 100 Å². The van der Waals surface area contributed by atoms with Crippen molar-refractivity contribution in [1.29, 1.82) is 0 Å². The van der Waals surface area contributed by atoms with Crippen molar-refractivity contribution in [3.8, 4) is 0 Å². The van der Waals surface area contributed by atoms with Crippen molar-refractivity contribution >= 4 is 17.7 Å². The lowest BCUT2D eigenvalue weighted by atomic mass is 10.2. The molecule has 1 rings (SSSR count). The molecule has 17 heavy (non-hydrogen) atoms. The van der Waals surface area contributed by atoms with Crippen molar-refractivity contribution in [3.05, 3.63) is 29.8 Å². The number of anilines is 1. The van der Waals surface area contributed by atoms with Crippen molar-refractivity contribution in [1.82, 2.24) is 5.32 Å². The Morgan fingerprint density at radius 2 is 1.88 bits per heavy atom. The standard InChI is InChI=1S/C12H16N2O3/c1-3-13-8-10-4-6-11(7-5-10)14-12(16)17-9(2)15/h4-7,13H,3,8H2,1-2H3,(H,14,16). The normalized spacial score (nSPS) is 9.76. The Balaban J connectivity index is 2.50. The van der Waals surface area contributed by atoms with Crippen LogP contribution in [0.4, 0.5) is 10.5 Å². The lowest BCUT2D eigenvalue weighted by Crippen LogP contribution is -2.16. The third-order valence-electron chi connectivity index (χ3n) is 2.02. The number of carbonyl (C=O) groups is 2. The minimum absolute atomic E-state index is 0.594. The van der Waals surface area contributed by atoms with Crippen LogP contribution in [-0.4, -0.2) is 18.6 Å². The van der Waals surface area contributed by atoms with Crippen LogP contribution in [0.1, 0.15) is 19.4 Å². The van der Waals surface area contributed by atoms with Crippen molar-refractivity contribution < 1.29 is 14.3 Å². The maximum atomic E-state index is 11.1. The minimum atomic E-state index is -0.767. The van der Waals surface area contributed by atoms with E-state index < -0.39 is 12.1 Å². The molecule has 0 fully saturated rings. The van der Waals surface area contributed by atoms with E-state index in [4.69, 9.17) is 0 Å². The zero-order valence-corrected chi connectivity index (χ0v) is 9.95. The van der Waals surface area contributed by atoms with E-state index in [-0.39, 0.29) is 0 Å². The Hall–Kier alpha value is -1.88. The fourth-order valence-electron chi connectivity index (χ4n) is 1.25. The molecule has 0 unspecified atom stereocenters. The average Bonchev–Trinajstić information content (AvgIpc) is 2.27. The highest BCUT2D eigenvalue weighted by atomic mass is 16.6. The first-order chi connectivity index (χ1) is 8.11. The molecule has 92 valence electrons. The zero-order valence-electron chi connectivity index (χ0n) is 9.95. The van der Waals surface area contributed by atoms with Gasteiger partial charge in [-0.15, -0.1) is 0 Å². The van der Waals surface area contributed by atoms with Gasteiger partial charge >= 0.3 is 12.1 Å². The van der Waals surface area contributed by atoms with E-state index in [1.165, 1.54) is 6.92 Å². The second-order valence-electron chi connectivity index (χ2n) is 3.48. The summed E-state index contributed by atoms with van der Waals surface area (Å²) in [6, 6.07) is 7.31. The Bertz CT molecular complexity index is 387. The molecule has 1 amide bonds. The summed E-state index contributed by atoms with van der Waals surface area (Å²) in [6.45, 7) is 4.91. The molecule has 1 aromatic rings. The first-order valence-corrected chi connectivity index (χ1v) is 5.41. The molecular formula is C12H16N2O3. The topological polar surface area (TPSA) is 67.4 Å². The molecule has 0 saturated heterocycles. The van der Waals surface area contributed by atoms with E-state index in [0.717, 1.165) is 18.7 Å². The van der Waals surface area contributed by atoms with Crippen LogP contribution in [0, 0.1) is 0 Å². The van der Waals surface area contributed by atoms with Gasteiger partial charge in [0.1, 0.15) is 0 Å². The molecule has 5 heteroatoms. The van der Waals surface area contributed by atoms with Gasteiger partial charge in [0, 0.05) is 19.2 Å². The van der Waals surface area contributed by atoms with Gasteiger partial charge in [0.05, 0.1) is 0 Å². The molecule has 0 atom stereocenters. The number of hydrogen-bond donors (Lipinski definition) is 2. The van der Waals surface area contributed by atoms with E-state index in [1.54, 1.807) is 12.1 Å². The molecule has 0 aliphatic rings. The van der Waals surface area contributed by atoms with Gasteiger partial charge in [-0.05, 0) is 24.2 Å². The van der Waals surface area contributed by atoms with Gasteiger partial charge in [-0.1, -0.05) is 19.1 Å². The Morgan fingerprint density at radius 3 is 2.41 bits per heavy atom. The number of amides is 1. The van der Waals surface area contributed by atoms with Crippen LogP contribution in [0.15, 0.2) is 24.3 Å². The summed E-state index contributed by atoms with van der Waals surface area (Å²) >= 11 is 0. The summed E-state index contributed by atoms with van der Waals surface area (Å²) in [5.74, 6) is -0.633. The number of carbonyl (C=O) groups excluding carboxylic acids is 2. The van der Waals surface area contributed by atoms with Crippen molar-refractivity contribution in [2.75, 3.05) is 11.9 Å². The summed E-state index contributed by atoms with van der Waals surface area (Å²) in [6.07, 6.45) is -0.767. The van der Waals surface area contributed by atoms with E-state index in [9.17, 15) is 9.59 Å². The molecule has 0 aromatic heterocycles. The van der Waals surface area contributed by atoms with Crippen molar-refractivity contribution in [3.63, 3.8) is 0 Å². The Morgan fingerprint density at radius 1 is 1.24 bits per heavy atom. The van der Waals surface area contributed by atoms with Gasteiger partial charge < -0.3 is 10.1 Å². The molecule has 0 spiro atoms. The number of benzene rings is 1. The SMILES string of the molecule is CCNCc1ccc(NC(=O)OC(C)=O)cc1. The minimum Gasteiger partial charge on any atom is -0.376 e. The number of ether oxygens (including phenoxy) is 1. The number of esters is 1. The summed E-state index contributed by atoms with van der Waals surface area (Å²) < 4.78 is 4.35. The summed E-state index contributed by atoms with van der Waals surface area (Å²) in [5, 5.41) is 5.65. The van der Waals surface area contributed by atoms with Gasteiger partial charge in [0.2, 0.25) is 0 Å². The summed E-state index contributed by atoms with van der Waals surface area (Å²) in [7, 11) is 0. The average molecular weight is 236 g/mol. The molecule has 2 N–H and O–H groups in total. The van der Waals surface area contributed by atoms with Crippen molar-refractivity contribution in [2.45, 2.75) is 20.4 Å². The number of nitrogens with one attached hydrogen (secondary N) is 2. The highest BCUT2D eigenvalue weighted by Crippen LogP contribution is 2.09. The largest absolute Gasteiger partial charge is 0.419 e. The number of rotatable bonds is 4. The fourth-order valence-corrected chi connectivity index (χ4v) is 1.25. The van der Waals surface area contributed by atoms with E-state index in [1.807, 2.05) is 19.1 Å². The molecule has 1 aromatic carbocycles. The van der Waals surface area contributed by atoms with Crippen LogP contribution in [0.3, 0.4) is 0 Å². The van der Waals surface area contributed by atoms with Gasteiger partial charge in [0.25, 0.3) is 0 Å². The smallest absolute Gasteiger partial charge is 0.376 e. The van der Waals surface area contributed by atoms with Crippen LogP contribution >= 0.6 is 0 Å². The van der Waals surface area contributed by atoms with Gasteiger partial charge in [0.15, 0.2) is 0 Å². The Kier molecular flexibility index (Phi) is 5.16. The first kappa shape index (κ1) is 13.2. The highest BCUT2D eigenvalue weighted by molar-refractivity contribution is 5.92. The first-order valence-electron chi connectivity index (χ1n) is 5.41. The lowest BCUT2D eigenvalue weighted by molar-refractivity contribution is -0.134. The van der Waals surface area contributed by atoms with Crippen LogP contribution in [0.2, 0.25) is 0 Å². The zero-order chi connectivity index (χ0) is 12.7. The van der Waals surface area contributed by atoms with Crippen LogP contribution in [0.5, 0.6) is 0 Å². The molecule has 0 radical (unpaired) electrons. The van der Waals surface area contributed by atoms with Gasteiger partial charge in [-0.2, -0.15) is 0 Å². The van der Waals surface area contributed by atoms with E-state index in [2.05, 4.69) is 15.4 Å². The molecule has 0 heterocycles. The highest BCUT2D eigenvalue weighted by Gasteiger charge is 2.05. The monoisotopic (exact) mass is 236 g/mol. The van der Waals surface area contributed by atoms with E-state index >= 15 is 0 Å². The molecule has 0 aliphatic heterocycles. The van der Waals surface area contributed by atoms with Crippen LogP contribution in [-0.2, 0) is 16.1 Å². The third-order valence-corrected chi connectivity index (χ3v) is 2.02. The molecular weight excluding hydrogens is 220 g/mol. The van der Waals surface area contributed by atoms with Crippen LogP contribution in [0.25, 0.3) is 0 Å². The third kappa shape index (κ3) is 5.12. The molecule has 0 bridgehead atoms. The van der Waals surface area contributed by atoms with E-state index in [0.29, 0.717) is 5.69 Å². The summed E-state index contributed by atoms with van der Waals surface area (Å²) in [4.78, 5) is 21.6. The maximum Gasteiger partial charge on any atom is 0.419 e. The van der Waals surface area contributed by atoms with Crippen molar-refractivity contribution in [2.24, 2.45) is 0 Å². The predicted octanol–water partition coefficient (Wildman–Crippen LogP) is 1.89. The van der Waals surface area contributed by atoms with Gasteiger partial charge in [-0.25, -0.2) is 4.79 Å². The quantitative estimate of drug-likeness (QED) is 0.619. The second-order valence-corrected chi connectivity index (χ2v) is 3.48. The molecule has 0 saturated carbocycles. The lowest BCUT2D eigenvalue weighted by Gasteiger charge is -2.06.